The van der Waals surface area contributed by atoms with Crippen molar-refractivity contribution in [3.05, 3.63) is 29.8 Å². The van der Waals surface area contributed by atoms with Gasteiger partial charge in [0.2, 0.25) is 5.91 Å². The summed E-state index contributed by atoms with van der Waals surface area (Å²) in [4.78, 5) is 35.9. The first-order chi connectivity index (χ1) is 11.9. The first kappa shape index (κ1) is 18.9. The van der Waals surface area contributed by atoms with Crippen molar-refractivity contribution in [2.75, 3.05) is 20.3 Å². The molecular weight excluding hydrogens is 324 g/mol. The molecule has 2 amide bonds. The molecule has 25 heavy (non-hydrogen) atoms. The Morgan fingerprint density at radius 2 is 2.00 bits per heavy atom. The van der Waals surface area contributed by atoms with E-state index in [1.807, 2.05) is 0 Å². The molecule has 1 aromatic rings. The maximum absolute atomic E-state index is 12.3. The van der Waals surface area contributed by atoms with Crippen molar-refractivity contribution in [2.24, 2.45) is 0 Å². The van der Waals surface area contributed by atoms with Crippen LogP contribution in [0.2, 0.25) is 0 Å². The van der Waals surface area contributed by atoms with Crippen molar-refractivity contribution in [2.45, 2.75) is 38.3 Å². The van der Waals surface area contributed by atoms with Crippen molar-refractivity contribution in [1.29, 1.82) is 0 Å². The van der Waals surface area contributed by atoms with Gasteiger partial charge in [0.05, 0.1) is 6.61 Å². The third-order valence-corrected chi connectivity index (χ3v) is 4.06. The molecule has 0 aromatic heterocycles. The van der Waals surface area contributed by atoms with Crippen LogP contribution in [0.4, 0.5) is 0 Å². The zero-order chi connectivity index (χ0) is 18.4. The van der Waals surface area contributed by atoms with E-state index in [2.05, 4.69) is 10.6 Å². The second-order valence-corrected chi connectivity index (χ2v) is 6.16. The van der Waals surface area contributed by atoms with Crippen molar-refractivity contribution in [3.63, 3.8) is 0 Å². The molecule has 0 bridgehead atoms. The van der Waals surface area contributed by atoms with Crippen molar-refractivity contribution >= 4 is 17.6 Å². The molecule has 136 valence electrons. The number of hydrogen-bond acceptors (Lipinski definition) is 5. The molecular formula is C18H24N2O5. The molecule has 0 heterocycles. The van der Waals surface area contributed by atoms with E-state index in [1.165, 1.54) is 6.92 Å². The molecule has 1 saturated carbocycles. The number of amides is 2. The Morgan fingerprint density at radius 3 is 2.60 bits per heavy atom. The van der Waals surface area contributed by atoms with E-state index >= 15 is 0 Å². The van der Waals surface area contributed by atoms with Gasteiger partial charge < -0.3 is 20.1 Å². The summed E-state index contributed by atoms with van der Waals surface area (Å²) in [6, 6.07) is 6.66. The van der Waals surface area contributed by atoms with Crippen molar-refractivity contribution in [3.8, 4) is 5.75 Å². The summed E-state index contributed by atoms with van der Waals surface area (Å²) in [6.45, 7) is 3.89. The van der Waals surface area contributed by atoms with E-state index < -0.39 is 11.6 Å². The lowest BCUT2D eigenvalue weighted by Gasteiger charge is -2.20. The van der Waals surface area contributed by atoms with E-state index in [0.717, 1.165) is 0 Å². The Bertz CT molecular complexity index is 655. The van der Waals surface area contributed by atoms with Gasteiger partial charge in [0.25, 0.3) is 5.91 Å². The van der Waals surface area contributed by atoms with Gasteiger partial charge >= 0.3 is 0 Å². The summed E-state index contributed by atoms with van der Waals surface area (Å²) in [5, 5.41) is 5.51. The highest BCUT2D eigenvalue weighted by Crippen LogP contribution is 2.35. The molecule has 1 aromatic carbocycles. The zero-order valence-electron chi connectivity index (χ0n) is 14.8. The molecule has 2 N–H and O–H groups in total. The Kier molecular flexibility index (Phi) is 6.14. The lowest BCUT2D eigenvalue weighted by molar-refractivity contribution is -0.133. The topological polar surface area (TPSA) is 93.7 Å². The summed E-state index contributed by atoms with van der Waals surface area (Å²) in [5.41, 5.74) is -0.328. The Balaban J connectivity index is 1.91. The Labute approximate surface area is 147 Å². The number of rotatable bonds is 9. The minimum absolute atomic E-state index is 0.0767. The van der Waals surface area contributed by atoms with Crippen LogP contribution in [0.25, 0.3) is 0 Å². The van der Waals surface area contributed by atoms with Crippen LogP contribution in [0.3, 0.4) is 0 Å². The van der Waals surface area contributed by atoms with Gasteiger partial charge in [-0.15, -0.1) is 0 Å². The van der Waals surface area contributed by atoms with Crippen LogP contribution < -0.4 is 15.4 Å². The average Bonchev–Trinajstić information content (AvgIpc) is 3.36. The van der Waals surface area contributed by atoms with Crippen LogP contribution in [-0.2, 0) is 14.3 Å². The number of nitrogens with one attached hydrogen (secondary N) is 2. The predicted octanol–water partition coefficient (Wildman–Crippen LogP) is 1.07. The number of ketones is 1. The molecule has 1 atom stereocenters. The smallest absolute Gasteiger partial charge is 0.261 e. The van der Waals surface area contributed by atoms with Crippen LogP contribution in [0, 0.1) is 0 Å². The fourth-order valence-corrected chi connectivity index (χ4v) is 2.35. The molecule has 0 radical (unpaired) electrons. The van der Waals surface area contributed by atoms with Crippen LogP contribution >= 0.6 is 0 Å². The fraction of sp³-hybridized carbons (Fsp3) is 0.500. The number of ether oxygens (including phenoxy) is 2. The second-order valence-electron chi connectivity index (χ2n) is 6.16. The Morgan fingerprint density at radius 1 is 1.28 bits per heavy atom. The molecule has 1 fully saturated rings. The highest BCUT2D eigenvalue weighted by atomic mass is 16.5. The zero-order valence-corrected chi connectivity index (χ0v) is 14.8. The SMILES string of the molecule is COCCNC(=O)C1(NC(=O)[C@H](C)Oc2cccc(C(C)=O)c2)CC1. The highest BCUT2D eigenvalue weighted by Gasteiger charge is 2.51. The number of benzene rings is 1. The Hall–Kier alpha value is -2.41. The second kappa shape index (κ2) is 8.11. The summed E-state index contributed by atoms with van der Waals surface area (Å²) in [5.74, 6) is -0.215. The summed E-state index contributed by atoms with van der Waals surface area (Å²) in [7, 11) is 1.56. The molecule has 1 aliphatic rings. The third kappa shape index (κ3) is 5.03. The number of carbonyl (C=O) groups is 3. The third-order valence-electron chi connectivity index (χ3n) is 4.06. The molecule has 7 heteroatoms. The van der Waals surface area contributed by atoms with Gasteiger partial charge in [0.1, 0.15) is 11.3 Å². The van der Waals surface area contributed by atoms with Gasteiger partial charge in [-0.2, -0.15) is 0 Å². The number of methoxy groups -OCH3 is 1. The number of hydrogen-bond donors (Lipinski definition) is 2. The van der Waals surface area contributed by atoms with Crippen LogP contribution in [-0.4, -0.2) is 49.5 Å². The lowest BCUT2D eigenvalue weighted by Crippen LogP contribution is -2.52. The lowest BCUT2D eigenvalue weighted by atomic mass is 10.1. The summed E-state index contributed by atoms with van der Waals surface area (Å²) < 4.78 is 10.5. The quantitative estimate of drug-likeness (QED) is 0.514. The normalized spacial score (nSPS) is 15.8. The number of carbonyl (C=O) groups excluding carboxylic acids is 3. The van der Waals surface area contributed by atoms with E-state index in [4.69, 9.17) is 9.47 Å². The standard InChI is InChI=1S/C18H24N2O5/c1-12(21)14-5-4-6-15(11-14)25-13(2)16(22)20-18(7-8-18)17(23)19-9-10-24-3/h4-6,11,13H,7-10H2,1-3H3,(H,19,23)(H,20,22)/t13-/m0/s1. The molecule has 0 unspecified atom stereocenters. The molecule has 1 aliphatic carbocycles. The maximum atomic E-state index is 12.3. The fourth-order valence-electron chi connectivity index (χ4n) is 2.35. The first-order valence-corrected chi connectivity index (χ1v) is 8.25. The van der Waals surface area contributed by atoms with Gasteiger partial charge in [0.15, 0.2) is 11.9 Å². The summed E-state index contributed by atoms with van der Waals surface area (Å²) >= 11 is 0. The van der Waals surface area contributed by atoms with Crippen LogP contribution in [0.15, 0.2) is 24.3 Å². The van der Waals surface area contributed by atoms with Gasteiger partial charge in [-0.25, -0.2) is 0 Å². The number of Topliss-reactive ketones (excluding diaryl/α,β-unsaturated/α-hetero) is 1. The minimum Gasteiger partial charge on any atom is -0.481 e. The molecule has 0 aliphatic heterocycles. The van der Waals surface area contributed by atoms with Crippen LogP contribution in [0.5, 0.6) is 5.75 Å². The first-order valence-electron chi connectivity index (χ1n) is 8.25. The monoisotopic (exact) mass is 348 g/mol. The predicted molar refractivity (Wildman–Crippen MR) is 91.5 cm³/mol. The molecule has 7 nitrogen and oxygen atoms in total. The summed E-state index contributed by atoms with van der Waals surface area (Å²) in [6.07, 6.45) is 0.417. The van der Waals surface area contributed by atoms with E-state index in [9.17, 15) is 14.4 Å². The van der Waals surface area contributed by atoms with E-state index in [1.54, 1.807) is 38.3 Å². The van der Waals surface area contributed by atoms with Gasteiger partial charge in [-0.1, -0.05) is 12.1 Å². The highest BCUT2D eigenvalue weighted by molar-refractivity contribution is 5.95. The van der Waals surface area contributed by atoms with Crippen molar-refractivity contribution < 1.29 is 23.9 Å². The largest absolute Gasteiger partial charge is 0.481 e. The van der Waals surface area contributed by atoms with Gasteiger partial charge in [0, 0.05) is 19.2 Å². The minimum atomic E-state index is -0.844. The van der Waals surface area contributed by atoms with Crippen molar-refractivity contribution in [1.82, 2.24) is 10.6 Å². The maximum Gasteiger partial charge on any atom is 0.261 e. The molecule has 0 spiro atoms. The molecule has 2 rings (SSSR count). The van der Waals surface area contributed by atoms with Crippen LogP contribution in [0.1, 0.15) is 37.0 Å². The average molecular weight is 348 g/mol. The van der Waals surface area contributed by atoms with Gasteiger partial charge in [-0.3, -0.25) is 14.4 Å². The van der Waals surface area contributed by atoms with Gasteiger partial charge in [-0.05, 0) is 38.8 Å². The van der Waals surface area contributed by atoms with E-state index in [0.29, 0.717) is 37.3 Å². The van der Waals surface area contributed by atoms with E-state index in [-0.39, 0.29) is 17.6 Å². The molecule has 0 saturated heterocycles.